The van der Waals surface area contributed by atoms with E-state index in [-0.39, 0.29) is 48.0 Å². The zero-order valence-electron chi connectivity index (χ0n) is 16.8. The lowest BCUT2D eigenvalue weighted by Crippen LogP contribution is -2.53. The Morgan fingerprint density at radius 1 is 1.33 bits per heavy atom. The first-order valence-corrected chi connectivity index (χ1v) is 9.32. The van der Waals surface area contributed by atoms with Gasteiger partial charge < -0.3 is 16.4 Å². The Morgan fingerprint density at radius 3 is 2.57 bits per heavy atom. The second kappa shape index (κ2) is 10.6. The van der Waals surface area contributed by atoms with Crippen molar-refractivity contribution < 1.29 is 9.72 Å². The monoisotopic (exact) mass is 455 g/mol. The first-order chi connectivity index (χ1) is 13.3. The third-order valence-electron chi connectivity index (χ3n) is 5.26. The van der Waals surface area contributed by atoms with Crippen molar-refractivity contribution in [3.05, 3.63) is 64.0 Å². The highest BCUT2D eigenvalue weighted by Crippen LogP contribution is 2.39. The normalized spacial score (nSPS) is 15.6. The van der Waals surface area contributed by atoms with Crippen LogP contribution in [0.5, 0.6) is 0 Å². The van der Waals surface area contributed by atoms with Gasteiger partial charge in [0.25, 0.3) is 11.6 Å². The molecule has 4 N–H and O–H groups in total. The first kappa shape index (κ1) is 25.6. The number of rotatable bonds is 8. The number of hydrogen-bond acceptors (Lipinski definition) is 6. The molecule has 1 fully saturated rings. The average Bonchev–Trinajstić information content (AvgIpc) is 3.54. The number of amides is 1. The van der Waals surface area contributed by atoms with Crippen LogP contribution in [0.15, 0.2) is 42.6 Å². The summed E-state index contributed by atoms with van der Waals surface area (Å²) in [5, 5.41) is 17.6. The van der Waals surface area contributed by atoms with E-state index in [9.17, 15) is 14.9 Å². The highest BCUT2D eigenvalue weighted by Gasteiger charge is 2.41. The summed E-state index contributed by atoms with van der Waals surface area (Å²) >= 11 is 0. The number of halogens is 2. The van der Waals surface area contributed by atoms with E-state index in [1.165, 1.54) is 6.07 Å². The number of nitrogens with two attached hydrogens (primary N) is 1. The van der Waals surface area contributed by atoms with Crippen LogP contribution in [0.1, 0.15) is 48.8 Å². The standard InChI is InChI=1S/C20H25N5O3.2ClH/c1-13(16-5-3-4-10-22-16)23-17-9-6-14(11-18(17)25(27)28)19(26)24-20(2,12-21)15-7-8-15;;/h3-6,9-11,13,15,23H,7-8,12,21H2,1-2H3,(H,24,26);2*1H. The van der Waals surface area contributed by atoms with Crippen molar-refractivity contribution in [3.8, 4) is 0 Å². The number of carbonyl (C=O) groups is 1. The third kappa shape index (κ3) is 5.81. The van der Waals surface area contributed by atoms with Crippen molar-refractivity contribution in [2.75, 3.05) is 11.9 Å². The van der Waals surface area contributed by atoms with Gasteiger partial charge in [-0.3, -0.25) is 19.9 Å². The van der Waals surface area contributed by atoms with Gasteiger partial charge >= 0.3 is 0 Å². The molecule has 1 aromatic heterocycles. The van der Waals surface area contributed by atoms with Crippen molar-refractivity contribution >= 4 is 42.1 Å². The number of nitrogens with zero attached hydrogens (tertiary/aromatic N) is 2. The van der Waals surface area contributed by atoms with Gasteiger partial charge in [0, 0.05) is 24.4 Å². The Kier molecular flexibility index (Phi) is 9.02. The van der Waals surface area contributed by atoms with Crippen LogP contribution in [-0.2, 0) is 0 Å². The predicted molar refractivity (Wildman–Crippen MR) is 122 cm³/mol. The maximum Gasteiger partial charge on any atom is 0.293 e. The Labute approximate surface area is 188 Å². The molecule has 3 rings (SSSR count). The summed E-state index contributed by atoms with van der Waals surface area (Å²) in [4.78, 5) is 28.0. The molecule has 0 radical (unpaired) electrons. The van der Waals surface area contributed by atoms with Gasteiger partial charge in [-0.2, -0.15) is 0 Å². The molecule has 1 aliphatic carbocycles. The number of carbonyl (C=O) groups excluding carboxylic acids is 1. The number of nitro groups is 1. The molecular formula is C20H27Cl2N5O3. The van der Waals surface area contributed by atoms with Gasteiger partial charge in [-0.25, -0.2) is 0 Å². The van der Waals surface area contributed by atoms with Crippen molar-refractivity contribution in [3.63, 3.8) is 0 Å². The Bertz CT molecular complexity index is 880. The molecule has 164 valence electrons. The predicted octanol–water partition coefficient (Wildman–Crippen LogP) is 3.86. The topological polar surface area (TPSA) is 123 Å². The lowest BCUT2D eigenvalue weighted by Gasteiger charge is -2.29. The Hall–Kier alpha value is -2.42. The smallest absolute Gasteiger partial charge is 0.293 e. The summed E-state index contributed by atoms with van der Waals surface area (Å²) in [5.74, 6) is 0.00359. The second-order valence-corrected chi connectivity index (χ2v) is 7.46. The van der Waals surface area contributed by atoms with E-state index < -0.39 is 10.5 Å². The second-order valence-electron chi connectivity index (χ2n) is 7.46. The number of benzene rings is 1. The van der Waals surface area contributed by atoms with Crippen LogP contribution >= 0.6 is 24.8 Å². The van der Waals surface area contributed by atoms with Crippen LogP contribution in [0.25, 0.3) is 0 Å². The number of aromatic nitrogens is 1. The molecule has 0 spiro atoms. The number of nitrogens with one attached hydrogen (secondary N) is 2. The molecule has 30 heavy (non-hydrogen) atoms. The van der Waals surface area contributed by atoms with Crippen LogP contribution in [0.4, 0.5) is 11.4 Å². The van der Waals surface area contributed by atoms with Crippen molar-refractivity contribution in [2.45, 2.75) is 38.3 Å². The molecule has 0 saturated heterocycles. The number of anilines is 1. The van der Waals surface area contributed by atoms with E-state index >= 15 is 0 Å². The molecule has 8 nitrogen and oxygen atoms in total. The van der Waals surface area contributed by atoms with Gasteiger partial charge in [0.15, 0.2) is 0 Å². The summed E-state index contributed by atoms with van der Waals surface area (Å²) in [6.45, 7) is 4.11. The third-order valence-corrected chi connectivity index (χ3v) is 5.26. The number of nitro benzene ring substituents is 1. The molecule has 1 saturated carbocycles. The van der Waals surface area contributed by atoms with E-state index in [4.69, 9.17) is 5.73 Å². The molecule has 0 aliphatic heterocycles. The summed E-state index contributed by atoms with van der Waals surface area (Å²) in [6.07, 6.45) is 3.73. The maximum atomic E-state index is 12.7. The van der Waals surface area contributed by atoms with Gasteiger partial charge in [-0.1, -0.05) is 6.07 Å². The fraction of sp³-hybridized carbons (Fsp3) is 0.400. The van der Waals surface area contributed by atoms with Crippen LogP contribution < -0.4 is 16.4 Å². The van der Waals surface area contributed by atoms with Crippen LogP contribution in [-0.4, -0.2) is 27.9 Å². The van der Waals surface area contributed by atoms with Gasteiger partial charge in [-0.15, -0.1) is 24.8 Å². The molecule has 2 atom stereocenters. The van der Waals surface area contributed by atoms with E-state index in [1.807, 2.05) is 32.0 Å². The van der Waals surface area contributed by atoms with Gasteiger partial charge in [-0.05, 0) is 56.9 Å². The molecule has 1 amide bonds. The Morgan fingerprint density at radius 2 is 2.03 bits per heavy atom. The number of pyridine rings is 1. The van der Waals surface area contributed by atoms with Crippen molar-refractivity contribution in [1.82, 2.24) is 10.3 Å². The molecule has 1 heterocycles. The van der Waals surface area contributed by atoms with E-state index in [0.29, 0.717) is 18.2 Å². The average molecular weight is 456 g/mol. The van der Waals surface area contributed by atoms with Gasteiger partial charge in [0.2, 0.25) is 0 Å². The lowest BCUT2D eigenvalue weighted by molar-refractivity contribution is -0.384. The maximum absolute atomic E-state index is 12.7. The molecule has 2 unspecified atom stereocenters. The SMILES string of the molecule is CC(Nc1ccc(C(=O)NC(C)(CN)C2CC2)cc1[N+](=O)[O-])c1ccccn1.Cl.Cl. The summed E-state index contributed by atoms with van der Waals surface area (Å²) in [7, 11) is 0. The highest BCUT2D eigenvalue weighted by atomic mass is 35.5. The van der Waals surface area contributed by atoms with Crippen molar-refractivity contribution in [2.24, 2.45) is 11.7 Å². The van der Waals surface area contributed by atoms with Crippen LogP contribution in [0, 0.1) is 16.0 Å². The number of hydrogen-bond donors (Lipinski definition) is 3. The zero-order valence-corrected chi connectivity index (χ0v) is 18.5. The van der Waals surface area contributed by atoms with Crippen molar-refractivity contribution in [1.29, 1.82) is 0 Å². The highest BCUT2D eigenvalue weighted by molar-refractivity contribution is 5.96. The molecule has 2 aromatic rings. The zero-order chi connectivity index (χ0) is 20.3. The van der Waals surface area contributed by atoms with E-state index in [0.717, 1.165) is 18.5 Å². The quantitative estimate of drug-likeness (QED) is 0.409. The Balaban J connectivity index is 0.00000225. The van der Waals surface area contributed by atoms with Gasteiger partial charge in [0.05, 0.1) is 22.2 Å². The minimum atomic E-state index is -0.493. The summed E-state index contributed by atoms with van der Waals surface area (Å²) < 4.78 is 0. The van der Waals surface area contributed by atoms with E-state index in [1.54, 1.807) is 18.3 Å². The lowest BCUT2D eigenvalue weighted by atomic mass is 9.95. The summed E-state index contributed by atoms with van der Waals surface area (Å²) in [6, 6.07) is 9.72. The molecule has 1 aliphatic rings. The van der Waals surface area contributed by atoms with Gasteiger partial charge in [0.1, 0.15) is 5.69 Å². The van der Waals surface area contributed by atoms with E-state index in [2.05, 4.69) is 15.6 Å². The van der Waals surface area contributed by atoms with Crippen LogP contribution in [0.2, 0.25) is 0 Å². The minimum absolute atomic E-state index is 0. The first-order valence-electron chi connectivity index (χ1n) is 9.32. The molecule has 1 aromatic carbocycles. The minimum Gasteiger partial charge on any atom is -0.371 e. The van der Waals surface area contributed by atoms with Crippen LogP contribution in [0.3, 0.4) is 0 Å². The summed E-state index contributed by atoms with van der Waals surface area (Å²) in [5.41, 5.74) is 6.54. The molecule has 0 bridgehead atoms. The fourth-order valence-corrected chi connectivity index (χ4v) is 3.26. The largest absolute Gasteiger partial charge is 0.371 e. The molecule has 10 heteroatoms. The fourth-order valence-electron chi connectivity index (χ4n) is 3.26. The molecular weight excluding hydrogens is 429 g/mol.